The van der Waals surface area contributed by atoms with Crippen molar-refractivity contribution in [3.05, 3.63) is 75.6 Å². The minimum atomic E-state index is -0.303. The molecule has 1 N–H and O–H groups in total. The van der Waals surface area contributed by atoms with E-state index in [0.29, 0.717) is 35.9 Å². The van der Waals surface area contributed by atoms with E-state index in [4.69, 9.17) is 16.3 Å². The standard InChI is InChI=1S/C23H17ClFN3O2S/c24-18-9-15(4-7-19(18)30-11-13-2-1-3-14(25)8-13)28-22-21-17-6-5-16(29)10-20(17)31-23(21)27-12-26-22/h1-4,7-9,12H,5-6,10-11H2,(H,26,27,28). The number of benzene rings is 2. The molecule has 5 rings (SSSR count). The molecule has 0 saturated heterocycles. The monoisotopic (exact) mass is 453 g/mol. The summed E-state index contributed by atoms with van der Waals surface area (Å²) in [6.45, 7) is 0.219. The Kier molecular flexibility index (Phi) is 5.29. The van der Waals surface area contributed by atoms with Crippen molar-refractivity contribution in [2.24, 2.45) is 0 Å². The second-order valence-electron chi connectivity index (χ2n) is 7.31. The van der Waals surface area contributed by atoms with Gasteiger partial charge in [-0.15, -0.1) is 11.3 Å². The zero-order valence-electron chi connectivity index (χ0n) is 16.3. The van der Waals surface area contributed by atoms with Crippen LogP contribution < -0.4 is 10.1 Å². The predicted octanol–water partition coefficient (Wildman–Crippen LogP) is 5.86. The summed E-state index contributed by atoms with van der Waals surface area (Å²) in [6, 6.07) is 11.6. The van der Waals surface area contributed by atoms with Crippen LogP contribution in [0.1, 0.15) is 22.4 Å². The lowest BCUT2D eigenvalue weighted by atomic mass is 9.96. The van der Waals surface area contributed by atoms with E-state index in [2.05, 4.69) is 15.3 Å². The van der Waals surface area contributed by atoms with E-state index in [1.807, 2.05) is 6.07 Å². The lowest BCUT2D eigenvalue weighted by Crippen LogP contribution is -2.11. The van der Waals surface area contributed by atoms with E-state index in [-0.39, 0.29) is 18.2 Å². The van der Waals surface area contributed by atoms with Gasteiger partial charge in [-0.3, -0.25) is 4.79 Å². The molecule has 0 amide bonds. The molecule has 0 bridgehead atoms. The van der Waals surface area contributed by atoms with Gasteiger partial charge in [0.15, 0.2) is 0 Å². The van der Waals surface area contributed by atoms with Crippen molar-refractivity contribution in [1.82, 2.24) is 9.97 Å². The fourth-order valence-corrected chi connectivity index (χ4v) is 5.14. The molecule has 2 aromatic heterocycles. The first kappa shape index (κ1) is 19.9. The molecule has 4 aromatic rings. The number of carbonyl (C=O) groups is 1. The van der Waals surface area contributed by atoms with Crippen LogP contribution in [0.2, 0.25) is 5.02 Å². The first-order valence-corrected chi connectivity index (χ1v) is 11.0. The van der Waals surface area contributed by atoms with Gasteiger partial charge in [-0.25, -0.2) is 14.4 Å². The number of halogens is 2. The minimum Gasteiger partial charge on any atom is -0.487 e. The van der Waals surface area contributed by atoms with Crippen LogP contribution in [0.3, 0.4) is 0 Å². The number of ketones is 1. The first-order chi connectivity index (χ1) is 15.1. The maximum absolute atomic E-state index is 13.3. The summed E-state index contributed by atoms with van der Waals surface area (Å²) in [7, 11) is 0. The van der Waals surface area contributed by atoms with Crippen molar-refractivity contribution >= 4 is 50.4 Å². The molecule has 0 radical (unpaired) electrons. The van der Waals surface area contributed by atoms with E-state index < -0.39 is 0 Å². The van der Waals surface area contributed by atoms with Gasteiger partial charge >= 0.3 is 0 Å². The van der Waals surface area contributed by atoms with Crippen LogP contribution >= 0.6 is 22.9 Å². The number of thiophene rings is 1. The number of nitrogens with zero attached hydrogens (tertiary/aromatic N) is 2. The highest BCUT2D eigenvalue weighted by molar-refractivity contribution is 7.19. The number of nitrogens with one attached hydrogen (secondary N) is 1. The van der Waals surface area contributed by atoms with E-state index in [9.17, 15) is 9.18 Å². The van der Waals surface area contributed by atoms with Crippen molar-refractivity contribution in [2.75, 3.05) is 5.32 Å². The smallest absolute Gasteiger partial charge is 0.142 e. The molecule has 0 fully saturated rings. The fourth-order valence-electron chi connectivity index (χ4n) is 3.69. The van der Waals surface area contributed by atoms with Crippen molar-refractivity contribution in [2.45, 2.75) is 25.9 Å². The quantitative estimate of drug-likeness (QED) is 0.409. The number of carbonyl (C=O) groups excluding carboxylic acids is 1. The molecule has 2 aromatic carbocycles. The Morgan fingerprint density at radius 2 is 2.06 bits per heavy atom. The van der Waals surface area contributed by atoms with Gasteiger partial charge < -0.3 is 10.1 Å². The molecule has 8 heteroatoms. The van der Waals surface area contributed by atoms with Gasteiger partial charge in [0.05, 0.1) is 10.4 Å². The number of aryl methyl sites for hydroxylation is 1. The molecule has 0 saturated carbocycles. The maximum Gasteiger partial charge on any atom is 0.142 e. The minimum absolute atomic E-state index is 0.219. The highest BCUT2D eigenvalue weighted by Crippen LogP contribution is 2.39. The van der Waals surface area contributed by atoms with Crippen LogP contribution in [0.15, 0.2) is 48.8 Å². The Balaban J connectivity index is 1.38. The molecule has 1 aliphatic carbocycles. The van der Waals surface area contributed by atoms with Crippen LogP contribution in [-0.4, -0.2) is 15.8 Å². The highest BCUT2D eigenvalue weighted by Gasteiger charge is 2.23. The SMILES string of the molecule is O=C1CCc2c(sc3ncnc(Nc4ccc(OCc5cccc(F)c5)c(Cl)c4)c23)C1. The summed E-state index contributed by atoms with van der Waals surface area (Å²) in [6.07, 6.45) is 3.26. The van der Waals surface area contributed by atoms with Crippen LogP contribution in [0.5, 0.6) is 5.75 Å². The van der Waals surface area contributed by atoms with Crippen LogP contribution in [-0.2, 0) is 24.2 Å². The largest absolute Gasteiger partial charge is 0.487 e. The molecule has 156 valence electrons. The van der Waals surface area contributed by atoms with E-state index >= 15 is 0 Å². The van der Waals surface area contributed by atoms with Gasteiger partial charge in [0, 0.05) is 23.4 Å². The first-order valence-electron chi connectivity index (χ1n) is 9.77. The summed E-state index contributed by atoms with van der Waals surface area (Å²) < 4.78 is 19.1. The zero-order valence-corrected chi connectivity index (χ0v) is 17.9. The lowest BCUT2D eigenvalue weighted by Gasteiger charge is -2.13. The number of hydrogen-bond acceptors (Lipinski definition) is 6. The predicted molar refractivity (Wildman–Crippen MR) is 120 cm³/mol. The van der Waals surface area contributed by atoms with E-state index in [1.165, 1.54) is 18.5 Å². The number of fused-ring (bicyclic) bond motifs is 3. The van der Waals surface area contributed by atoms with Gasteiger partial charge in [-0.1, -0.05) is 23.7 Å². The van der Waals surface area contributed by atoms with E-state index in [1.54, 1.807) is 35.6 Å². The number of anilines is 2. The molecule has 31 heavy (non-hydrogen) atoms. The Hall–Kier alpha value is -3.03. The van der Waals surface area contributed by atoms with Crippen molar-refractivity contribution in [3.63, 3.8) is 0 Å². The summed E-state index contributed by atoms with van der Waals surface area (Å²) in [5, 5.41) is 4.73. The lowest BCUT2D eigenvalue weighted by molar-refractivity contribution is -0.118. The molecule has 0 aliphatic heterocycles. The summed E-state index contributed by atoms with van der Waals surface area (Å²) in [5.74, 6) is 1.17. The zero-order chi connectivity index (χ0) is 21.4. The van der Waals surface area contributed by atoms with Crippen molar-refractivity contribution in [3.8, 4) is 5.75 Å². The normalized spacial score (nSPS) is 13.3. The fraction of sp³-hybridized carbons (Fsp3) is 0.174. The molecular weight excluding hydrogens is 437 g/mol. The Bertz CT molecular complexity index is 1310. The highest BCUT2D eigenvalue weighted by atomic mass is 35.5. The third-order valence-electron chi connectivity index (χ3n) is 5.16. The van der Waals surface area contributed by atoms with Crippen molar-refractivity contribution < 1.29 is 13.9 Å². The number of Topliss-reactive ketones (excluding diaryl/α,β-unsaturated/α-hetero) is 1. The van der Waals surface area contributed by atoms with Crippen LogP contribution in [0.4, 0.5) is 15.9 Å². The van der Waals surface area contributed by atoms with Crippen LogP contribution in [0, 0.1) is 5.82 Å². The number of rotatable bonds is 5. The topological polar surface area (TPSA) is 64.1 Å². The van der Waals surface area contributed by atoms with Gasteiger partial charge in [-0.2, -0.15) is 0 Å². The van der Waals surface area contributed by atoms with Gasteiger partial charge in [0.2, 0.25) is 0 Å². The van der Waals surface area contributed by atoms with E-state index in [0.717, 1.165) is 31.9 Å². The molecule has 5 nitrogen and oxygen atoms in total. The summed E-state index contributed by atoms with van der Waals surface area (Å²) in [5.41, 5.74) is 2.64. The molecular formula is C23H17ClFN3O2S. The Morgan fingerprint density at radius 3 is 2.90 bits per heavy atom. The second kappa shape index (κ2) is 8.24. The van der Waals surface area contributed by atoms with Gasteiger partial charge in [-0.05, 0) is 47.9 Å². The molecule has 0 unspecified atom stereocenters. The Morgan fingerprint density at radius 1 is 1.16 bits per heavy atom. The number of ether oxygens (including phenoxy) is 1. The Labute approximate surface area is 186 Å². The maximum atomic E-state index is 13.3. The average Bonchev–Trinajstić information content (AvgIpc) is 3.11. The van der Waals surface area contributed by atoms with Crippen LogP contribution in [0.25, 0.3) is 10.2 Å². The third kappa shape index (κ3) is 4.11. The molecule has 0 spiro atoms. The molecule has 0 atom stereocenters. The second-order valence-corrected chi connectivity index (χ2v) is 8.80. The van der Waals surface area contributed by atoms with Gasteiger partial charge in [0.25, 0.3) is 0 Å². The average molecular weight is 454 g/mol. The third-order valence-corrected chi connectivity index (χ3v) is 6.60. The van der Waals surface area contributed by atoms with Gasteiger partial charge in [0.1, 0.15) is 40.9 Å². The molecule has 1 aliphatic rings. The number of aromatic nitrogens is 2. The molecule has 2 heterocycles. The summed E-state index contributed by atoms with van der Waals surface area (Å²) in [4.78, 5) is 22.6. The van der Waals surface area contributed by atoms with Crippen molar-refractivity contribution in [1.29, 1.82) is 0 Å². The summed E-state index contributed by atoms with van der Waals surface area (Å²) >= 11 is 7.97. The number of hydrogen-bond donors (Lipinski definition) is 1.